The van der Waals surface area contributed by atoms with Crippen LogP contribution in [0, 0.1) is 0 Å². The molecule has 0 aliphatic carbocycles. The molecule has 2 aromatic carbocycles. The van der Waals surface area contributed by atoms with Crippen LogP contribution in [0.5, 0.6) is 0 Å². The number of hydrogen-bond acceptors (Lipinski definition) is 4. The Hall–Kier alpha value is -2.33. The van der Waals surface area contributed by atoms with Crippen molar-refractivity contribution < 1.29 is 21.6 Å². The minimum Gasteiger partial charge on any atom is -0.296 e. The van der Waals surface area contributed by atoms with Gasteiger partial charge in [0, 0.05) is 11.7 Å². The molecule has 3 rings (SSSR count). The Kier molecular flexibility index (Phi) is 4.81. The molecule has 0 spiro atoms. The van der Waals surface area contributed by atoms with E-state index in [-0.39, 0.29) is 21.5 Å². The molecule has 0 radical (unpaired) electrons. The summed E-state index contributed by atoms with van der Waals surface area (Å²) in [6, 6.07) is 8.04. The molecule has 0 aliphatic rings. The van der Waals surface area contributed by atoms with Gasteiger partial charge in [-0.25, -0.2) is 8.42 Å². The fourth-order valence-electron chi connectivity index (χ4n) is 2.65. The van der Waals surface area contributed by atoms with Crippen LogP contribution in [0.2, 0.25) is 0 Å². The zero-order valence-electron chi connectivity index (χ0n) is 14.2. The number of nitrogens with one attached hydrogen (secondary N) is 1. The Bertz CT molecular complexity index is 1160. The van der Waals surface area contributed by atoms with Crippen molar-refractivity contribution in [2.45, 2.75) is 31.0 Å². The van der Waals surface area contributed by atoms with Gasteiger partial charge >= 0.3 is 11.0 Å². The van der Waals surface area contributed by atoms with Crippen LogP contribution in [0.15, 0.2) is 52.2 Å². The number of hydrogen-bond donors (Lipinski definition) is 1. The highest BCUT2D eigenvalue weighted by Crippen LogP contribution is 2.31. The third-order valence-electron chi connectivity index (χ3n) is 3.85. The predicted molar refractivity (Wildman–Crippen MR) is 98.7 cm³/mol. The second-order valence-corrected chi connectivity index (χ2v) is 8.82. The van der Waals surface area contributed by atoms with E-state index in [4.69, 9.17) is 0 Å². The van der Waals surface area contributed by atoms with Crippen LogP contribution >= 0.6 is 11.3 Å². The summed E-state index contributed by atoms with van der Waals surface area (Å²) in [6.45, 7) is 3.68. The van der Waals surface area contributed by atoms with Crippen LogP contribution in [-0.2, 0) is 16.2 Å². The highest BCUT2D eigenvalue weighted by Gasteiger charge is 2.30. The molecule has 0 bridgehead atoms. The van der Waals surface area contributed by atoms with Gasteiger partial charge in [-0.15, -0.1) is 0 Å². The average Bonchev–Trinajstić information content (AvgIpc) is 2.88. The van der Waals surface area contributed by atoms with Gasteiger partial charge in [-0.1, -0.05) is 17.4 Å². The zero-order chi connectivity index (χ0) is 20.0. The number of alkyl halides is 3. The van der Waals surface area contributed by atoms with Crippen molar-refractivity contribution in [1.29, 1.82) is 0 Å². The first kappa shape index (κ1) is 19.4. The molecule has 144 valence electrons. The van der Waals surface area contributed by atoms with E-state index >= 15 is 0 Å². The van der Waals surface area contributed by atoms with E-state index in [0.717, 1.165) is 29.5 Å². The van der Waals surface area contributed by atoms with Crippen molar-refractivity contribution >= 4 is 37.3 Å². The van der Waals surface area contributed by atoms with Crippen molar-refractivity contribution in [3.63, 3.8) is 0 Å². The lowest BCUT2D eigenvalue weighted by Gasteiger charge is -2.12. The maximum absolute atomic E-state index is 12.8. The predicted octanol–water partition coefficient (Wildman–Crippen LogP) is 4.46. The van der Waals surface area contributed by atoms with Crippen LogP contribution < -0.4 is 9.60 Å². The van der Waals surface area contributed by atoms with Gasteiger partial charge in [0.2, 0.25) is 0 Å². The average molecular weight is 416 g/mol. The van der Waals surface area contributed by atoms with Gasteiger partial charge in [0.25, 0.3) is 10.0 Å². The highest BCUT2D eigenvalue weighted by atomic mass is 32.2. The second kappa shape index (κ2) is 6.68. The summed E-state index contributed by atoms with van der Waals surface area (Å²) in [5, 5.41) is 0. The SMILES string of the molecule is CC(C)n1c(=O)sc2cc(S(=O)(=O)Nc3cccc(C(F)(F)F)c3)ccc21. The quantitative estimate of drug-likeness (QED) is 0.683. The number of halogens is 3. The molecule has 27 heavy (non-hydrogen) atoms. The number of aromatic nitrogens is 1. The Morgan fingerprint density at radius 3 is 2.44 bits per heavy atom. The van der Waals surface area contributed by atoms with Gasteiger partial charge in [0.1, 0.15) is 0 Å². The molecule has 3 aromatic rings. The van der Waals surface area contributed by atoms with Crippen LogP contribution in [-0.4, -0.2) is 13.0 Å². The van der Waals surface area contributed by atoms with Crippen LogP contribution in [0.3, 0.4) is 0 Å². The van der Waals surface area contributed by atoms with E-state index in [1.807, 2.05) is 13.8 Å². The lowest BCUT2D eigenvalue weighted by Crippen LogP contribution is -2.15. The number of thiazole rings is 1. The monoisotopic (exact) mass is 416 g/mol. The van der Waals surface area contributed by atoms with E-state index in [9.17, 15) is 26.4 Å². The van der Waals surface area contributed by atoms with Gasteiger partial charge in [0.05, 0.1) is 20.7 Å². The molecular weight excluding hydrogens is 401 g/mol. The second-order valence-electron chi connectivity index (χ2n) is 6.15. The summed E-state index contributed by atoms with van der Waals surface area (Å²) >= 11 is 0.916. The summed E-state index contributed by atoms with van der Waals surface area (Å²) in [4.78, 5) is 11.7. The third kappa shape index (κ3) is 3.86. The fraction of sp³-hybridized carbons (Fsp3) is 0.235. The molecule has 0 unspecified atom stereocenters. The van der Waals surface area contributed by atoms with Gasteiger partial charge in [-0.2, -0.15) is 13.2 Å². The highest BCUT2D eigenvalue weighted by molar-refractivity contribution is 7.92. The molecule has 0 saturated heterocycles. The lowest BCUT2D eigenvalue weighted by atomic mass is 10.2. The Labute approximate surface area is 157 Å². The first-order chi connectivity index (χ1) is 12.5. The molecule has 10 heteroatoms. The van der Waals surface area contributed by atoms with Gasteiger partial charge in [0.15, 0.2) is 0 Å². The van der Waals surface area contributed by atoms with Crippen LogP contribution in [0.25, 0.3) is 10.2 Å². The molecule has 1 heterocycles. The summed E-state index contributed by atoms with van der Waals surface area (Å²) in [5.74, 6) is 0. The van der Waals surface area contributed by atoms with Gasteiger partial charge < -0.3 is 0 Å². The fourth-order valence-corrected chi connectivity index (χ4v) is 4.85. The van der Waals surface area contributed by atoms with E-state index in [1.165, 1.54) is 24.3 Å². The number of fused-ring (bicyclic) bond motifs is 1. The van der Waals surface area contributed by atoms with E-state index in [2.05, 4.69) is 4.72 Å². The summed E-state index contributed by atoms with van der Waals surface area (Å²) in [6.07, 6.45) is -4.58. The molecule has 0 amide bonds. The van der Waals surface area contributed by atoms with Crippen molar-refractivity contribution in [1.82, 2.24) is 4.57 Å². The number of anilines is 1. The smallest absolute Gasteiger partial charge is 0.296 e. The Morgan fingerprint density at radius 1 is 1.11 bits per heavy atom. The largest absolute Gasteiger partial charge is 0.416 e. The molecule has 0 fully saturated rings. The van der Waals surface area contributed by atoms with Crippen molar-refractivity contribution in [3.05, 3.63) is 57.7 Å². The van der Waals surface area contributed by atoms with Crippen molar-refractivity contribution in [3.8, 4) is 0 Å². The standard InChI is InChI=1S/C17H15F3N2O3S2/c1-10(2)22-14-7-6-13(9-15(14)26-16(22)23)27(24,25)21-12-5-3-4-11(8-12)17(18,19)20/h3-10,21H,1-2H3. The Morgan fingerprint density at radius 2 is 1.81 bits per heavy atom. The molecule has 1 aromatic heterocycles. The third-order valence-corrected chi connectivity index (χ3v) is 6.15. The number of nitrogens with zero attached hydrogens (tertiary/aromatic N) is 1. The molecule has 1 N–H and O–H groups in total. The van der Waals surface area contributed by atoms with E-state index in [0.29, 0.717) is 10.2 Å². The first-order valence-electron chi connectivity index (χ1n) is 7.84. The number of benzene rings is 2. The molecule has 5 nitrogen and oxygen atoms in total. The van der Waals surface area contributed by atoms with Crippen LogP contribution in [0.4, 0.5) is 18.9 Å². The molecular formula is C17H15F3N2O3S2. The van der Waals surface area contributed by atoms with Crippen LogP contribution in [0.1, 0.15) is 25.5 Å². The molecule has 0 aliphatic heterocycles. The number of sulfonamides is 1. The first-order valence-corrected chi connectivity index (χ1v) is 10.1. The van der Waals surface area contributed by atoms with Gasteiger partial charge in [-0.3, -0.25) is 14.1 Å². The van der Waals surface area contributed by atoms with E-state index in [1.54, 1.807) is 4.57 Å². The molecule has 0 saturated carbocycles. The lowest BCUT2D eigenvalue weighted by molar-refractivity contribution is -0.137. The normalized spacial score (nSPS) is 12.7. The summed E-state index contributed by atoms with van der Waals surface area (Å²) < 4.78 is 67.7. The molecule has 0 atom stereocenters. The Balaban J connectivity index is 1.99. The summed E-state index contributed by atoms with van der Waals surface area (Å²) in [5.41, 5.74) is -0.541. The van der Waals surface area contributed by atoms with Gasteiger partial charge in [-0.05, 0) is 50.2 Å². The maximum atomic E-state index is 12.8. The number of rotatable bonds is 4. The van der Waals surface area contributed by atoms with Crippen molar-refractivity contribution in [2.75, 3.05) is 4.72 Å². The zero-order valence-corrected chi connectivity index (χ0v) is 15.9. The minimum absolute atomic E-state index is 0.0862. The summed E-state index contributed by atoms with van der Waals surface area (Å²) in [7, 11) is -4.11. The van der Waals surface area contributed by atoms with Crippen molar-refractivity contribution in [2.24, 2.45) is 0 Å². The maximum Gasteiger partial charge on any atom is 0.416 e. The topological polar surface area (TPSA) is 68.2 Å². The minimum atomic E-state index is -4.58. The van der Waals surface area contributed by atoms with E-state index < -0.39 is 21.8 Å².